The second-order valence-electron chi connectivity index (χ2n) is 6.50. The highest BCUT2D eigenvalue weighted by Crippen LogP contribution is 2.27. The summed E-state index contributed by atoms with van der Waals surface area (Å²) in [5.74, 6) is 1.31. The summed E-state index contributed by atoms with van der Waals surface area (Å²) in [5, 5.41) is 3.17. The molecule has 1 aliphatic rings. The lowest BCUT2D eigenvalue weighted by Gasteiger charge is -2.31. The Labute approximate surface area is 140 Å². The molecule has 0 aliphatic carbocycles. The van der Waals surface area contributed by atoms with Gasteiger partial charge in [0, 0.05) is 13.1 Å². The van der Waals surface area contributed by atoms with E-state index >= 15 is 0 Å². The fourth-order valence-corrected chi connectivity index (χ4v) is 4.52. The van der Waals surface area contributed by atoms with Gasteiger partial charge in [-0.25, -0.2) is 8.42 Å². The number of sulfonamides is 1. The highest BCUT2D eigenvalue weighted by molar-refractivity contribution is 7.89. The summed E-state index contributed by atoms with van der Waals surface area (Å²) in [4.78, 5) is 0.359. The van der Waals surface area contributed by atoms with Gasteiger partial charge >= 0.3 is 0 Å². The third-order valence-electron chi connectivity index (χ3n) is 4.21. The molecule has 0 amide bonds. The Kier molecular flexibility index (Phi) is 6.06. The molecule has 1 aliphatic heterocycles. The maximum atomic E-state index is 12.8. The van der Waals surface area contributed by atoms with Gasteiger partial charge in [-0.1, -0.05) is 0 Å². The minimum Gasteiger partial charge on any atom is -0.491 e. The molecular formula is C17H28N2O3S. The van der Waals surface area contributed by atoms with Crippen LogP contribution in [0.4, 0.5) is 0 Å². The van der Waals surface area contributed by atoms with Crippen molar-refractivity contribution in [3.63, 3.8) is 0 Å². The van der Waals surface area contributed by atoms with Gasteiger partial charge in [-0.05, 0) is 76.9 Å². The number of nitrogens with zero attached hydrogens (tertiary/aromatic N) is 1. The Hall–Kier alpha value is -1.11. The summed E-state index contributed by atoms with van der Waals surface area (Å²) in [7, 11) is -1.47. The van der Waals surface area contributed by atoms with Crippen molar-refractivity contribution in [2.75, 3.05) is 26.7 Å². The van der Waals surface area contributed by atoms with Crippen molar-refractivity contribution in [2.24, 2.45) is 5.92 Å². The molecule has 1 aromatic carbocycles. The van der Waals surface area contributed by atoms with Crippen LogP contribution in [0.2, 0.25) is 0 Å². The van der Waals surface area contributed by atoms with Crippen molar-refractivity contribution in [2.45, 2.75) is 44.6 Å². The fraction of sp³-hybridized carbons (Fsp3) is 0.647. The van der Waals surface area contributed by atoms with Gasteiger partial charge in [0.2, 0.25) is 10.0 Å². The van der Waals surface area contributed by atoms with Crippen LogP contribution in [0.5, 0.6) is 5.75 Å². The van der Waals surface area contributed by atoms with Gasteiger partial charge in [-0.15, -0.1) is 0 Å². The van der Waals surface area contributed by atoms with Crippen LogP contribution in [0, 0.1) is 12.8 Å². The van der Waals surface area contributed by atoms with E-state index in [2.05, 4.69) is 5.32 Å². The standard InChI is InChI=1S/C17H28N2O3S/c1-13(2)22-17-6-5-16(11-14(17)3)23(20,21)19-9-7-15(8-10-19)12-18-4/h5-6,11,13,15,18H,7-10,12H2,1-4H3. The number of nitrogens with one attached hydrogen (secondary N) is 1. The molecule has 1 N–H and O–H groups in total. The molecular weight excluding hydrogens is 312 g/mol. The first kappa shape index (κ1) is 18.2. The Bertz CT molecular complexity index is 621. The van der Waals surface area contributed by atoms with Crippen molar-refractivity contribution in [3.05, 3.63) is 23.8 Å². The maximum absolute atomic E-state index is 12.8. The van der Waals surface area contributed by atoms with E-state index in [0.29, 0.717) is 23.9 Å². The maximum Gasteiger partial charge on any atom is 0.243 e. The number of ether oxygens (including phenoxy) is 1. The summed E-state index contributed by atoms with van der Waals surface area (Å²) in [6.07, 6.45) is 1.89. The molecule has 23 heavy (non-hydrogen) atoms. The summed E-state index contributed by atoms with van der Waals surface area (Å²) in [6, 6.07) is 5.13. The van der Waals surface area contributed by atoms with Gasteiger partial charge in [-0.2, -0.15) is 4.31 Å². The predicted molar refractivity (Wildman–Crippen MR) is 92.4 cm³/mol. The third kappa shape index (κ3) is 4.46. The Morgan fingerprint density at radius 3 is 2.48 bits per heavy atom. The summed E-state index contributed by atoms with van der Waals surface area (Å²) < 4.78 is 32.9. The normalized spacial score (nSPS) is 17.6. The minimum absolute atomic E-state index is 0.0716. The highest BCUT2D eigenvalue weighted by atomic mass is 32.2. The SMILES string of the molecule is CNCC1CCN(S(=O)(=O)c2ccc(OC(C)C)c(C)c2)CC1. The smallest absolute Gasteiger partial charge is 0.243 e. The Balaban J connectivity index is 2.12. The van der Waals surface area contributed by atoms with E-state index in [9.17, 15) is 8.42 Å². The van der Waals surface area contributed by atoms with E-state index in [1.54, 1.807) is 22.5 Å². The molecule has 130 valence electrons. The van der Waals surface area contributed by atoms with Gasteiger partial charge in [0.25, 0.3) is 0 Å². The van der Waals surface area contributed by atoms with E-state index in [0.717, 1.165) is 30.7 Å². The number of rotatable bonds is 6. The molecule has 2 rings (SSSR count). The van der Waals surface area contributed by atoms with Crippen LogP contribution in [0.25, 0.3) is 0 Å². The molecule has 0 atom stereocenters. The van der Waals surface area contributed by atoms with Crippen LogP contribution in [0.15, 0.2) is 23.1 Å². The number of hydrogen-bond acceptors (Lipinski definition) is 4. The number of benzene rings is 1. The van der Waals surface area contributed by atoms with Gasteiger partial charge in [-0.3, -0.25) is 0 Å². The molecule has 1 aromatic rings. The van der Waals surface area contributed by atoms with Gasteiger partial charge in [0.1, 0.15) is 5.75 Å². The van der Waals surface area contributed by atoms with Gasteiger partial charge < -0.3 is 10.1 Å². The average Bonchev–Trinajstić information content (AvgIpc) is 2.49. The largest absolute Gasteiger partial charge is 0.491 e. The van der Waals surface area contributed by atoms with Crippen molar-refractivity contribution in [1.29, 1.82) is 0 Å². The van der Waals surface area contributed by atoms with Crippen LogP contribution in [-0.4, -0.2) is 45.5 Å². The summed E-state index contributed by atoms with van der Waals surface area (Å²) in [5.41, 5.74) is 0.852. The summed E-state index contributed by atoms with van der Waals surface area (Å²) >= 11 is 0. The molecule has 0 aromatic heterocycles. The van der Waals surface area contributed by atoms with Crippen LogP contribution < -0.4 is 10.1 Å². The van der Waals surface area contributed by atoms with Crippen molar-refractivity contribution in [1.82, 2.24) is 9.62 Å². The first-order valence-electron chi connectivity index (χ1n) is 8.26. The molecule has 1 saturated heterocycles. The zero-order valence-corrected chi connectivity index (χ0v) is 15.3. The summed E-state index contributed by atoms with van der Waals surface area (Å²) in [6.45, 7) is 7.94. The predicted octanol–water partition coefficient (Wildman–Crippen LogP) is 2.40. The van der Waals surface area contributed by atoms with Gasteiger partial charge in [0.05, 0.1) is 11.0 Å². The van der Waals surface area contributed by atoms with E-state index in [1.807, 2.05) is 27.8 Å². The monoisotopic (exact) mass is 340 g/mol. The lowest BCUT2D eigenvalue weighted by atomic mass is 9.98. The lowest BCUT2D eigenvalue weighted by molar-refractivity contribution is 0.240. The second-order valence-corrected chi connectivity index (χ2v) is 8.44. The van der Waals surface area contributed by atoms with Gasteiger partial charge in [0.15, 0.2) is 0 Å². The number of aryl methyl sites for hydroxylation is 1. The van der Waals surface area contributed by atoms with Crippen LogP contribution in [0.1, 0.15) is 32.3 Å². The first-order chi connectivity index (χ1) is 10.8. The average molecular weight is 340 g/mol. The molecule has 5 nitrogen and oxygen atoms in total. The van der Waals surface area contributed by atoms with Crippen molar-refractivity contribution < 1.29 is 13.2 Å². The van der Waals surface area contributed by atoms with Crippen molar-refractivity contribution in [3.8, 4) is 5.75 Å². The molecule has 0 bridgehead atoms. The topological polar surface area (TPSA) is 58.6 Å². The van der Waals surface area contributed by atoms with Crippen molar-refractivity contribution >= 4 is 10.0 Å². The Morgan fingerprint density at radius 1 is 1.30 bits per heavy atom. The molecule has 0 saturated carbocycles. The number of hydrogen-bond donors (Lipinski definition) is 1. The highest BCUT2D eigenvalue weighted by Gasteiger charge is 2.29. The zero-order chi connectivity index (χ0) is 17.0. The zero-order valence-electron chi connectivity index (χ0n) is 14.5. The van der Waals surface area contributed by atoms with Crippen LogP contribution in [-0.2, 0) is 10.0 Å². The molecule has 1 fully saturated rings. The van der Waals surface area contributed by atoms with E-state index in [1.165, 1.54) is 0 Å². The van der Waals surface area contributed by atoms with E-state index in [-0.39, 0.29) is 6.10 Å². The molecule has 0 spiro atoms. The third-order valence-corrected chi connectivity index (χ3v) is 6.11. The molecule has 1 heterocycles. The first-order valence-corrected chi connectivity index (χ1v) is 9.70. The number of piperidine rings is 1. The second kappa shape index (κ2) is 7.64. The molecule has 0 radical (unpaired) electrons. The van der Waals surface area contributed by atoms with E-state index < -0.39 is 10.0 Å². The minimum atomic E-state index is -3.41. The lowest BCUT2D eigenvalue weighted by Crippen LogP contribution is -2.40. The van der Waals surface area contributed by atoms with Crippen LogP contribution >= 0.6 is 0 Å². The fourth-order valence-electron chi connectivity index (χ4n) is 2.96. The Morgan fingerprint density at radius 2 is 1.96 bits per heavy atom. The quantitative estimate of drug-likeness (QED) is 0.864. The van der Waals surface area contributed by atoms with Crippen LogP contribution in [0.3, 0.4) is 0 Å². The van der Waals surface area contributed by atoms with E-state index in [4.69, 9.17) is 4.74 Å². The molecule has 6 heteroatoms. The molecule has 0 unspecified atom stereocenters.